The van der Waals surface area contributed by atoms with Crippen LogP contribution in [0.4, 0.5) is 23.7 Å². The van der Waals surface area contributed by atoms with E-state index in [1.807, 2.05) is 0 Å². The summed E-state index contributed by atoms with van der Waals surface area (Å²) in [5.74, 6) is -0.0432. The van der Waals surface area contributed by atoms with E-state index in [1.54, 1.807) is 30.3 Å². The van der Waals surface area contributed by atoms with Gasteiger partial charge in [-0.3, -0.25) is 4.90 Å². The molecule has 3 rings (SSSR count). The van der Waals surface area contributed by atoms with Gasteiger partial charge in [0.05, 0.1) is 11.6 Å². The Morgan fingerprint density at radius 1 is 1.24 bits per heavy atom. The summed E-state index contributed by atoms with van der Waals surface area (Å²) in [6, 6.07) is 10.4. The van der Waals surface area contributed by atoms with Crippen molar-refractivity contribution in [3.05, 3.63) is 64.7 Å². The van der Waals surface area contributed by atoms with Gasteiger partial charge in [-0.05, 0) is 42.0 Å². The zero-order valence-corrected chi connectivity index (χ0v) is 15.9. The van der Waals surface area contributed by atoms with Gasteiger partial charge in [-0.1, -0.05) is 28.9 Å². The number of halogens is 4. The van der Waals surface area contributed by atoms with Gasteiger partial charge in [0.15, 0.2) is 0 Å². The largest absolute Gasteiger partial charge is 0.416 e. The standard InChI is InChI=1S/C19H18ClF3N4O2/c20-14-4-6-15(7-5-14)27-16(11-26(18(27)28)9-8-17(24)25-29)12-2-1-3-13(10-12)19(21,22)23/h1-7,10,16,29H,8-9,11H2,(H2,24,25)/t16-/m1/s1. The topological polar surface area (TPSA) is 82.2 Å². The smallest absolute Gasteiger partial charge is 0.409 e. The number of nitrogens with two attached hydrogens (primary N) is 1. The second kappa shape index (κ2) is 8.20. The van der Waals surface area contributed by atoms with E-state index in [9.17, 15) is 18.0 Å². The molecular weight excluding hydrogens is 409 g/mol. The second-order valence-electron chi connectivity index (χ2n) is 6.56. The number of benzene rings is 2. The maximum atomic E-state index is 13.2. The molecule has 0 radical (unpaired) electrons. The minimum Gasteiger partial charge on any atom is -0.409 e. The Morgan fingerprint density at radius 3 is 2.55 bits per heavy atom. The van der Waals surface area contributed by atoms with Crippen LogP contribution in [0, 0.1) is 0 Å². The van der Waals surface area contributed by atoms with Crippen molar-refractivity contribution in [3.8, 4) is 0 Å². The summed E-state index contributed by atoms with van der Waals surface area (Å²) in [5.41, 5.74) is 5.56. The molecule has 10 heteroatoms. The minimum absolute atomic E-state index is 0.0432. The first-order valence-corrected chi connectivity index (χ1v) is 9.05. The Labute approximate surface area is 170 Å². The van der Waals surface area contributed by atoms with E-state index in [2.05, 4.69) is 5.16 Å². The highest BCUT2D eigenvalue weighted by molar-refractivity contribution is 6.30. The van der Waals surface area contributed by atoms with Gasteiger partial charge in [-0.25, -0.2) is 4.79 Å². The van der Waals surface area contributed by atoms with Crippen LogP contribution < -0.4 is 10.6 Å². The molecule has 0 bridgehead atoms. The molecule has 154 valence electrons. The van der Waals surface area contributed by atoms with Crippen LogP contribution in [0.2, 0.25) is 5.02 Å². The second-order valence-corrected chi connectivity index (χ2v) is 6.99. The average Bonchev–Trinajstić information content (AvgIpc) is 3.02. The van der Waals surface area contributed by atoms with Crippen LogP contribution in [0.25, 0.3) is 0 Å². The Morgan fingerprint density at radius 2 is 1.93 bits per heavy atom. The summed E-state index contributed by atoms with van der Waals surface area (Å²) < 4.78 is 39.5. The van der Waals surface area contributed by atoms with Crippen LogP contribution >= 0.6 is 11.6 Å². The first-order valence-electron chi connectivity index (χ1n) is 8.68. The number of anilines is 1. The van der Waals surface area contributed by atoms with Crippen LogP contribution in [0.1, 0.15) is 23.6 Å². The van der Waals surface area contributed by atoms with Crippen LogP contribution in [-0.2, 0) is 6.18 Å². The number of carbonyl (C=O) groups excluding carboxylic acids is 1. The fraction of sp³-hybridized carbons (Fsp3) is 0.263. The predicted octanol–water partition coefficient (Wildman–Crippen LogP) is 4.48. The van der Waals surface area contributed by atoms with Crippen molar-refractivity contribution in [3.63, 3.8) is 0 Å². The number of hydrogen-bond donors (Lipinski definition) is 2. The van der Waals surface area contributed by atoms with E-state index in [4.69, 9.17) is 22.5 Å². The quantitative estimate of drug-likeness (QED) is 0.320. The first kappa shape index (κ1) is 20.8. The van der Waals surface area contributed by atoms with Gasteiger partial charge in [-0.15, -0.1) is 0 Å². The van der Waals surface area contributed by atoms with Gasteiger partial charge in [0, 0.05) is 30.2 Å². The van der Waals surface area contributed by atoms with Gasteiger partial charge >= 0.3 is 12.2 Å². The summed E-state index contributed by atoms with van der Waals surface area (Å²) in [7, 11) is 0. The number of amidine groups is 1. The molecule has 2 aromatic carbocycles. The van der Waals surface area contributed by atoms with Crippen molar-refractivity contribution in [1.29, 1.82) is 0 Å². The fourth-order valence-corrected chi connectivity index (χ4v) is 3.34. The Bertz CT molecular complexity index is 918. The van der Waals surface area contributed by atoms with Crippen LogP contribution in [-0.4, -0.2) is 35.1 Å². The SMILES string of the molecule is N/C(CCN1C[C@H](c2cccc(C(F)(F)F)c2)N(c2ccc(Cl)cc2)C1=O)=N/O. The molecule has 1 aliphatic rings. The third-order valence-electron chi connectivity index (χ3n) is 4.65. The molecule has 6 nitrogen and oxygen atoms in total. The van der Waals surface area contributed by atoms with Crippen LogP contribution in [0.5, 0.6) is 0 Å². The molecule has 0 saturated carbocycles. The highest BCUT2D eigenvalue weighted by atomic mass is 35.5. The van der Waals surface area contributed by atoms with Crippen molar-refractivity contribution in [2.24, 2.45) is 10.9 Å². The molecule has 1 atom stereocenters. The predicted molar refractivity (Wildman–Crippen MR) is 103 cm³/mol. The minimum atomic E-state index is -4.49. The summed E-state index contributed by atoms with van der Waals surface area (Å²) >= 11 is 5.92. The molecule has 1 fully saturated rings. The lowest BCUT2D eigenvalue weighted by molar-refractivity contribution is -0.137. The van der Waals surface area contributed by atoms with Crippen LogP contribution in [0.3, 0.4) is 0 Å². The Hall–Kier alpha value is -2.94. The van der Waals surface area contributed by atoms with E-state index >= 15 is 0 Å². The third-order valence-corrected chi connectivity index (χ3v) is 4.90. The number of urea groups is 1. The molecule has 3 N–H and O–H groups in total. The number of rotatable bonds is 5. The highest BCUT2D eigenvalue weighted by Gasteiger charge is 2.40. The van der Waals surface area contributed by atoms with E-state index in [-0.39, 0.29) is 31.4 Å². The number of oxime groups is 1. The lowest BCUT2D eigenvalue weighted by Gasteiger charge is -2.24. The fourth-order valence-electron chi connectivity index (χ4n) is 3.21. The summed E-state index contributed by atoms with van der Waals surface area (Å²) in [5, 5.41) is 12.0. The molecule has 1 aliphatic heterocycles. The zero-order chi connectivity index (χ0) is 21.2. The molecule has 0 unspecified atom stereocenters. The molecule has 0 aromatic heterocycles. The average molecular weight is 427 g/mol. The normalized spacial score (nSPS) is 17.9. The number of alkyl halides is 3. The number of hydrogen-bond acceptors (Lipinski definition) is 3. The maximum absolute atomic E-state index is 13.2. The lowest BCUT2D eigenvalue weighted by atomic mass is 10.0. The van der Waals surface area contributed by atoms with Crippen LogP contribution in [0.15, 0.2) is 53.7 Å². The molecular formula is C19H18ClF3N4O2. The monoisotopic (exact) mass is 426 g/mol. The molecule has 1 saturated heterocycles. The summed E-state index contributed by atoms with van der Waals surface area (Å²) in [4.78, 5) is 15.9. The van der Waals surface area contributed by atoms with E-state index in [0.29, 0.717) is 16.3 Å². The van der Waals surface area contributed by atoms with Gasteiger partial charge in [-0.2, -0.15) is 13.2 Å². The molecule has 2 aromatic rings. The van der Waals surface area contributed by atoms with Crippen molar-refractivity contribution in [2.75, 3.05) is 18.0 Å². The van der Waals surface area contributed by atoms with Gasteiger partial charge in [0.2, 0.25) is 0 Å². The van der Waals surface area contributed by atoms with Gasteiger partial charge in [0.25, 0.3) is 0 Å². The van der Waals surface area contributed by atoms with E-state index in [1.165, 1.54) is 15.9 Å². The highest BCUT2D eigenvalue weighted by Crippen LogP contribution is 2.37. The van der Waals surface area contributed by atoms with Gasteiger partial charge < -0.3 is 15.8 Å². The zero-order valence-electron chi connectivity index (χ0n) is 15.1. The number of carbonyl (C=O) groups is 1. The number of nitrogens with zero attached hydrogens (tertiary/aromatic N) is 3. The molecule has 0 spiro atoms. The number of amides is 2. The lowest BCUT2D eigenvalue weighted by Crippen LogP contribution is -2.34. The summed E-state index contributed by atoms with van der Waals surface area (Å²) in [6.45, 7) is 0.315. The van der Waals surface area contributed by atoms with Crippen molar-refractivity contribution >= 4 is 29.2 Å². The van der Waals surface area contributed by atoms with Crippen molar-refractivity contribution in [2.45, 2.75) is 18.6 Å². The molecule has 2 amide bonds. The Kier molecular flexibility index (Phi) is 5.88. The molecule has 29 heavy (non-hydrogen) atoms. The first-order chi connectivity index (χ1) is 13.7. The maximum Gasteiger partial charge on any atom is 0.416 e. The van der Waals surface area contributed by atoms with Gasteiger partial charge in [0.1, 0.15) is 5.84 Å². The van der Waals surface area contributed by atoms with E-state index in [0.717, 1.165) is 12.1 Å². The Balaban J connectivity index is 1.97. The third kappa shape index (κ3) is 4.56. The van der Waals surface area contributed by atoms with Crippen molar-refractivity contribution < 1.29 is 23.2 Å². The van der Waals surface area contributed by atoms with E-state index < -0.39 is 17.8 Å². The summed E-state index contributed by atoms with van der Waals surface area (Å²) in [6.07, 6.45) is -4.36. The molecule has 0 aliphatic carbocycles. The molecule has 1 heterocycles. The van der Waals surface area contributed by atoms with Crippen molar-refractivity contribution in [1.82, 2.24) is 4.90 Å².